The third-order valence-corrected chi connectivity index (χ3v) is 4.01. The summed E-state index contributed by atoms with van der Waals surface area (Å²) < 4.78 is 26.4. The van der Waals surface area contributed by atoms with Gasteiger partial charge in [0.05, 0.1) is 11.7 Å². The molecule has 116 valence electrons. The number of anilines is 1. The second kappa shape index (κ2) is 6.52. The summed E-state index contributed by atoms with van der Waals surface area (Å²) in [6.45, 7) is 7.90. The first-order chi connectivity index (χ1) is 9.86. The molecule has 1 N–H and O–H groups in total. The van der Waals surface area contributed by atoms with E-state index >= 15 is 0 Å². The van der Waals surface area contributed by atoms with Gasteiger partial charge in [0, 0.05) is 19.2 Å². The number of nitrogens with one attached hydrogen (secondary N) is 1. The second-order valence-corrected chi connectivity index (χ2v) is 6.19. The summed E-state index contributed by atoms with van der Waals surface area (Å²) in [6.07, 6.45) is 1.16. The Morgan fingerprint density at radius 2 is 1.90 bits per heavy atom. The van der Waals surface area contributed by atoms with Crippen molar-refractivity contribution < 1.29 is 13.6 Å². The Balaban J connectivity index is 2.02. The third kappa shape index (κ3) is 4.00. The number of halogens is 2. The molecule has 2 rings (SSSR count). The first kappa shape index (κ1) is 15.9. The molecule has 0 unspecified atom stereocenters. The van der Waals surface area contributed by atoms with E-state index in [0.29, 0.717) is 11.8 Å². The van der Waals surface area contributed by atoms with Crippen LogP contribution in [0.5, 0.6) is 0 Å². The normalized spacial score (nSPS) is 24.6. The molecule has 21 heavy (non-hydrogen) atoms. The van der Waals surface area contributed by atoms with Gasteiger partial charge in [0.1, 0.15) is 11.6 Å². The molecule has 1 amide bonds. The van der Waals surface area contributed by atoms with Gasteiger partial charge < -0.3 is 5.32 Å². The summed E-state index contributed by atoms with van der Waals surface area (Å²) >= 11 is 0. The smallest absolute Gasteiger partial charge is 0.241 e. The molecule has 0 spiro atoms. The van der Waals surface area contributed by atoms with Crippen molar-refractivity contribution in [1.29, 1.82) is 0 Å². The van der Waals surface area contributed by atoms with Crippen molar-refractivity contribution >= 4 is 11.6 Å². The molecule has 1 aliphatic rings. The predicted molar refractivity (Wildman–Crippen MR) is 79.0 cm³/mol. The number of hydrogen-bond acceptors (Lipinski definition) is 2. The fourth-order valence-corrected chi connectivity index (χ4v) is 3.02. The first-order valence-electron chi connectivity index (χ1n) is 7.36. The summed E-state index contributed by atoms with van der Waals surface area (Å²) in [7, 11) is 0. The van der Waals surface area contributed by atoms with Gasteiger partial charge in [-0.2, -0.15) is 0 Å². The van der Waals surface area contributed by atoms with Crippen molar-refractivity contribution in [2.24, 2.45) is 11.8 Å². The Morgan fingerprint density at radius 3 is 2.48 bits per heavy atom. The number of hydrogen-bond donors (Lipinski definition) is 1. The van der Waals surface area contributed by atoms with Gasteiger partial charge in [0.2, 0.25) is 5.91 Å². The topological polar surface area (TPSA) is 32.3 Å². The lowest BCUT2D eigenvalue weighted by Crippen LogP contribution is -2.48. The summed E-state index contributed by atoms with van der Waals surface area (Å²) in [4.78, 5) is 14.4. The third-order valence-electron chi connectivity index (χ3n) is 4.01. The van der Waals surface area contributed by atoms with E-state index in [2.05, 4.69) is 24.1 Å². The van der Waals surface area contributed by atoms with Crippen LogP contribution in [0.2, 0.25) is 0 Å². The van der Waals surface area contributed by atoms with Crippen molar-refractivity contribution in [2.45, 2.75) is 33.2 Å². The summed E-state index contributed by atoms with van der Waals surface area (Å²) in [6, 6.07) is 2.82. The van der Waals surface area contributed by atoms with E-state index in [1.165, 1.54) is 6.07 Å². The van der Waals surface area contributed by atoms with E-state index in [0.717, 1.165) is 31.6 Å². The second-order valence-electron chi connectivity index (χ2n) is 6.19. The molecule has 3 nitrogen and oxygen atoms in total. The summed E-state index contributed by atoms with van der Waals surface area (Å²) in [5.74, 6) is -0.576. The highest BCUT2D eigenvalue weighted by Crippen LogP contribution is 2.23. The molecule has 3 atom stereocenters. The van der Waals surface area contributed by atoms with Gasteiger partial charge in [0.25, 0.3) is 0 Å². The number of benzene rings is 1. The Kier molecular flexibility index (Phi) is 4.93. The van der Waals surface area contributed by atoms with Gasteiger partial charge in [-0.1, -0.05) is 13.8 Å². The fraction of sp³-hybridized carbons (Fsp3) is 0.562. The van der Waals surface area contributed by atoms with Crippen molar-refractivity contribution in [1.82, 2.24) is 4.90 Å². The van der Waals surface area contributed by atoms with E-state index < -0.39 is 11.6 Å². The molecule has 1 aliphatic heterocycles. The molecule has 1 saturated heterocycles. The Hall–Kier alpha value is -1.49. The molecule has 0 saturated carbocycles. The van der Waals surface area contributed by atoms with Crippen LogP contribution in [0.15, 0.2) is 18.2 Å². The summed E-state index contributed by atoms with van der Waals surface area (Å²) in [5.41, 5.74) is 0.0198. The largest absolute Gasteiger partial charge is 0.322 e. The number of carbonyl (C=O) groups excluding carboxylic acids is 1. The minimum Gasteiger partial charge on any atom is -0.322 e. The van der Waals surface area contributed by atoms with E-state index in [1.807, 2.05) is 6.92 Å². The van der Waals surface area contributed by atoms with Crippen LogP contribution in [0.3, 0.4) is 0 Å². The first-order valence-corrected chi connectivity index (χ1v) is 7.36. The Bertz CT molecular complexity index is 511. The van der Waals surface area contributed by atoms with Gasteiger partial charge in [-0.25, -0.2) is 8.78 Å². The van der Waals surface area contributed by atoms with Crippen LogP contribution < -0.4 is 5.32 Å². The van der Waals surface area contributed by atoms with Crippen LogP contribution in [0.4, 0.5) is 14.5 Å². The van der Waals surface area contributed by atoms with Gasteiger partial charge >= 0.3 is 0 Å². The lowest BCUT2D eigenvalue weighted by molar-refractivity contribution is -0.121. The number of piperidine rings is 1. The van der Waals surface area contributed by atoms with Gasteiger partial charge in [-0.15, -0.1) is 0 Å². The molecule has 1 heterocycles. The maximum atomic E-state index is 13.6. The van der Waals surface area contributed by atoms with Crippen LogP contribution >= 0.6 is 0 Å². The van der Waals surface area contributed by atoms with E-state index in [9.17, 15) is 13.6 Å². The van der Waals surface area contributed by atoms with E-state index in [1.54, 1.807) is 0 Å². The molecule has 1 fully saturated rings. The molecule has 0 aliphatic carbocycles. The van der Waals surface area contributed by atoms with Crippen molar-refractivity contribution in [3.05, 3.63) is 29.8 Å². The van der Waals surface area contributed by atoms with Crippen LogP contribution in [0.25, 0.3) is 0 Å². The van der Waals surface area contributed by atoms with Crippen LogP contribution in [-0.4, -0.2) is 29.9 Å². The SMILES string of the molecule is C[C@@H]1C[C@H](C)CN([C@@H](C)C(=O)Nc2ccc(F)cc2F)C1. The number of amides is 1. The molecule has 0 radical (unpaired) electrons. The van der Waals surface area contributed by atoms with Crippen LogP contribution in [0, 0.1) is 23.5 Å². The van der Waals surface area contributed by atoms with Crippen molar-refractivity contribution in [2.75, 3.05) is 18.4 Å². The number of likely N-dealkylation sites (tertiary alicyclic amines) is 1. The highest BCUT2D eigenvalue weighted by molar-refractivity contribution is 5.94. The van der Waals surface area contributed by atoms with Gasteiger partial charge in [-0.3, -0.25) is 9.69 Å². The number of nitrogens with zero attached hydrogens (tertiary/aromatic N) is 1. The molecule has 5 heteroatoms. The maximum Gasteiger partial charge on any atom is 0.241 e. The molecule has 0 bridgehead atoms. The lowest BCUT2D eigenvalue weighted by Gasteiger charge is -2.38. The minimum atomic E-state index is -0.754. The summed E-state index contributed by atoms with van der Waals surface area (Å²) in [5, 5.41) is 2.54. The monoisotopic (exact) mass is 296 g/mol. The predicted octanol–water partition coefficient (Wildman–Crippen LogP) is 3.27. The van der Waals surface area contributed by atoms with Gasteiger partial charge in [0.15, 0.2) is 0 Å². The molecule has 1 aromatic rings. The quantitative estimate of drug-likeness (QED) is 0.928. The van der Waals surface area contributed by atoms with E-state index in [-0.39, 0.29) is 17.6 Å². The van der Waals surface area contributed by atoms with Crippen molar-refractivity contribution in [3.63, 3.8) is 0 Å². The highest BCUT2D eigenvalue weighted by atomic mass is 19.1. The van der Waals surface area contributed by atoms with Gasteiger partial charge in [-0.05, 0) is 37.3 Å². The zero-order valence-electron chi connectivity index (χ0n) is 12.7. The molecule has 1 aromatic carbocycles. The molecule has 0 aromatic heterocycles. The number of carbonyl (C=O) groups is 1. The molecular weight excluding hydrogens is 274 g/mol. The lowest BCUT2D eigenvalue weighted by atomic mass is 9.91. The molecular formula is C16H22F2N2O. The fourth-order valence-electron chi connectivity index (χ4n) is 3.02. The maximum absolute atomic E-state index is 13.6. The average molecular weight is 296 g/mol. The Morgan fingerprint density at radius 1 is 1.29 bits per heavy atom. The minimum absolute atomic E-state index is 0.0198. The zero-order chi connectivity index (χ0) is 15.6. The van der Waals surface area contributed by atoms with Crippen LogP contribution in [-0.2, 0) is 4.79 Å². The average Bonchev–Trinajstić information content (AvgIpc) is 2.40. The zero-order valence-corrected chi connectivity index (χ0v) is 12.7. The highest BCUT2D eigenvalue weighted by Gasteiger charge is 2.29. The van der Waals surface area contributed by atoms with E-state index in [4.69, 9.17) is 0 Å². The number of rotatable bonds is 3. The standard InChI is InChI=1S/C16H22F2N2O/c1-10-6-11(2)9-20(8-10)12(3)16(21)19-15-5-4-13(17)7-14(15)18/h4-5,7,10-12H,6,8-9H2,1-3H3,(H,19,21)/t10-,11+,12-/m0/s1. The Labute approximate surface area is 124 Å². The van der Waals surface area contributed by atoms with Crippen molar-refractivity contribution in [3.8, 4) is 0 Å². The van der Waals surface area contributed by atoms with Crippen LogP contribution in [0.1, 0.15) is 27.2 Å².